The van der Waals surface area contributed by atoms with Gasteiger partial charge in [0.15, 0.2) is 11.5 Å². The van der Waals surface area contributed by atoms with Crippen LogP contribution in [0.2, 0.25) is 0 Å². The van der Waals surface area contributed by atoms with Gasteiger partial charge in [-0.2, -0.15) is 13.2 Å². The first-order chi connectivity index (χ1) is 12.3. The van der Waals surface area contributed by atoms with Crippen molar-refractivity contribution in [3.05, 3.63) is 58.8 Å². The minimum absolute atomic E-state index is 0.0706. The van der Waals surface area contributed by atoms with E-state index < -0.39 is 17.6 Å². The number of nitrogens with one attached hydrogen (secondary N) is 1. The fraction of sp³-hybridized carbons (Fsp3) is 0.176. The molecular weight excluding hydrogens is 351 g/mol. The molecule has 136 valence electrons. The molecule has 0 atom stereocenters. The topological polar surface area (TPSA) is 94.3 Å². The summed E-state index contributed by atoms with van der Waals surface area (Å²) in [6.45, 7) is 1.37. The van der Waals surface area contributed by atoms with E-state index in [0.29, 0.717) is 5.76 Å². The Labute approximate surface area is 145 Å². The van der Waals surface area contributed by atoms with Crippen molar-refractivity contribution in [1.29, 1.82) is 0 Å². The highest BCUT2D eigenvalue weighted by molar-refractivity contribution is 6.03. The second kappa shape index (κ2) is 6.58. The Morgan fingerprint density at radius 3 is 2.62 bits per heavy atom. The minimum Gasteiger partial charge on any atom is -0.460 e. The molecule has 3 aromatic rings. The van der Waals surface area contributed by atoms with Gasteiger partial charge in [0.25, 0.3) is 5.91 Å². The van der Waals surface area contributed by atoms with E-state index in [9.17, 15) is 18.0 Å². The molecule has 1 amide bonds. The van der Waals surface area contributed by atoms with Crippen molar-refractivity contribution in [2.45, 2.75) is 19.6 Å². The fourth-order valence-electron chi connectivity index (χ4n) is 2.47. The summed E-state index contributed by atoms with van der Waals surface area (Å²) in [7, 11) is 0. The summed E-state index contributed by atoms with van der Waals surface area (Å²) in [5, 5.41) is 6.11. The van der Waals surface area contributed by atoms with Gasteiger partial charge in [0.2, 0.25) is 5.88 Å². The van der Waals surface area contributed by atoms with Crippen LogP contribution in [0.4, 0.5) is 19.1 Å². The highest BCUT2D eigenvalue weighted by Gasteiger charge is 2.33. The molecule has 2 heterocycles. The van der Waals surface area contributed by atoms with Crippen LogP contribution in [0.25, 0.3) is 11.5 Å². The Kier molecular flexibility index (Phi) is 4.45. The smallest absolute Gasteiger partial charge is 0.416 e. The van der Waals surface area contributed by atoms with E-state index in [1.54, 1.807) is 19.1 Å². The molecule has 6 nitrogen and oxygen atoms in total. The molecule has 26 heavy (non-hydrogen) atoms. The molecule has 3 N–H and O–H groups in total. The summed E-state index contributed by atoms with van der Waals surface area (Å²) in [6, 6.07) is 8.23. The summed E-state index contributed by atoms with van der Waals surface area (Å²) >= 11 is 0. The van der Waals surface area contributed by atoms with Gasteiger partial charge >= 0.3 is 6.18 Å². The molecule has 0 bridgehead atoms. The van der Waals surface area contributed by atoms with Crippen LogP contribution in [0.15, 0.2) is 45.3 Å². The number of carbonyl (C=O) groups is 1. The molecule has 1 aromatic carbocycles. The number of anilines is 1. The molecule has 0 fully saturated rings. The van der Waals surface area contributed by atoms with Crippen LogP contribution in [0.5, 0.6) is 0 Å². The van der Waals surface area contributed by atoms with Crippen LogP contribution in [0, 0.1) is 6.92 Å². The van der Waals surface area contributed by atoms with Crippen molar-refractivity contribution in [2.24, 2.45) is 0 Å². The quantitative estimate of drug-likeness (QED) is 0.734. The van der Waals surface area contributed by atoms with Gasteiger partial charge in [0, 0.05) is 6.54 Å². The molecule has 3 rings (SSSR count). The van der Waals surface area contributed by atoms with E-state index >= 15 is 0 Å². The maximum absolute atomic E-state index is 13.0. The number of halogens is 3. The number of benzene rings is 1. The van der Waals surface area contributed by atoms with Gasteiger partial charge in [0.1, 0.15) is 11.3 Å². The van der Waals surface area contributed by atoms with E-state index in [2.05, 4.69) is 10.5 Å². The molecule has 0 spiro atoms. The molecule has 0 saturated carbocycles. The summed E-state index contributed by atoms with van der Waals surface area (Å²) in [6.07, 6.45) is -4.52. The maximum atomic E-state index is 13.0. The van der Waals surface area contributed by atoms with Crippen molar-refractivity contribution in [2.75, 3.05) is 5.73 Å². The number of rotatable bonds is 4. The highest BCUT2D eigenvalue weighted by Crippen LogP contribution is 2.32. The highest BCUT2D eigenvalue weighted by atomic mass is 19.4. The lowest BCUT2D eigenvalue weighted by Crippen LogP contribution is -2.25. The number of nitrogen functional groups attached to an aromatic ring is 1. The monoisotopic (exact) mass is 365 g/mol. The third kappa shape index (κ3) is 3.41. The normalized spacial score (nSPS) is 11.5. The van der Waals surface area contributed by atoms with Crippen molar-refractivity contribution in [1.82, 2.24) is 10.5 Å². The SMILES string of the molecule is Cc1ccc(-c2noc(N)c2C(=O)NCc2ccccc2C(F)(F)F)o1. The summed E-state index contributed by atoms with van der Waals surface area (Å²) in [5.74, 6) is -0.115. The molecule has 0 unspecified atom stereocenters. The van der Waals surface area contributed by atoms with Gasteiger partial charge in [0.05, 0.1) is 5.56 Å². The number of carbonyl (C=O) groups excluding carboxylic acids is 1. The summed E-state index contributed by atoms with van der Waals surface area (Å²) in [4.78, 5) is 12.4. The van der Waals surface area contributed by atoms with Crippen molar-refractivity contribution < 1.29 is 26.9 Å². The number of amides is 1. The van der Waals surface area contributed by atoms with E-state index in [4.69, 9.17) is 14.7 Å². The number of nitrogens with zero attached hydrogens (tertiary/aromatic N) is 1. The number of alkyl halides is 3. The molecule has 0 aliphatic carbocycles. The number of furan rings is 1. The molecule has 2 aromatic heterocycles. The second-order valence-electron chi connectivity index (χ2n) is 5.52. The number of aromatic nitrogens is 1. The molecule has 0 aliphatic heterocycles. The molecule has 9 heteroatoms. The maximum Gasteiger partial charge on any atom is 0.416 e. The Bertz CT molecular complexity index is 944. The summed E-state index contributed by atoms with van der Waals surface area (Å²) < 4.78 is 49.3. The predicted octanol–water partition coefficient (Wildman–Crippen LogP) is 3.77. The lowest BCUT2D eigenvalue weighted by atomic mass is 10.1. The molecule has 0 radical (unpaired) electrons. The van der Waals surface area contributed by atoms with Crippen LogP contribution >= 0.6 is 0 Å². The van der Waals surface area contributed by atoms with E-state index in [1.807, 2.05) is 0 Å². The van der Waals surface area contributed by atoms with Crippen LogP contribution < -0.4 is 11.1 Å². The van der Waals surface area contributed by atoms with Crippen molar-refractivity contribution >= 4 is 11.8 Å². The number of hydrogen-bond donors (Lipinski definition) is 2. The zero-order chi connectivity index (χ0) is 18.9. The van der Waals surface area contributed by atoms with Gasteiger partial charge in [-0.3, -0.25) is 4.79 Å². The third-order valence-electron chi connectivity index (χ3n) is 3.68. The first kappa shape index (κ1) is 17.6. The minimum atomic E-state index is -4.52. The number of hydrogen-bond acceptors (Lipinski definition) is 5. The first-order valence-electron chi connectivity index (χ1n) is 7.52. The van der Waals surface area contributed by atoms with Gasteiger partial charge in [-0.1, -0.05) is 23.4 Å². The van der Waals surface area contributed by atoms with Gasteiger partial charge < -0.3 is 20.0 Å². The number of aryl methyl sites for hydroxylation is 1. The molecule has 0 aliphatic rings. The predicted molar refractivity (Wildman–Crippen MR) is 86.0 cm³/mol. The Balaban J connectivity index is 1.84. The average molecular weight is 365 g/mol. The van der Waals surface area contributed by atoms with Crippen molar-refractivity contribution in [3.63, 3.8) is 0 Å². The van der Waals surface area contributed by atoms with Crippen LogP contribution in [-0.4, -0.2) is 11.1 Å². The van der Waals surface area contributed by atoms with E-state index in [-0.39, 0.29) is 35.0 Å². The zero-order valence-corrected chi connectivity index (χ0v) is 13.6. The lowest BCUT2D eigenvalue weighted by Gasteiger charge is -2.13. The Morgan fingerprint density at radius 2 is 1.96 bits per heavy atom. The molecular formula is C17H14F3N3O3. The van der Waals surface area contributed by atoms with Crippen LogP contribution in [-0.2, 0) is 12.7 Å². The van der Waals surface area contributed by atoms with Crippen LogP contribution in [0.3, 0.4) is 0 Å². The lowest BCUT2D eigenvalue weighted by molar-refractivity contribution is -0.138. The third-order valence-corrected chi connectivity index (χ3v) is 3.68. The van der Waals surface area contributed by atoms with Crippen molar-refractivity contribution in [3.8, 4) is 11.5 Å². The van der Waals surface area contributed by atoms with Gasteiger partial charge in [-0.25, -0.2) is 0 Å². The largest absolute Gasteiger partial charge is 0.460 e. The second-order valence-corrected chi connectivity index (χ2v) is 5.52. The molecule has 0 saturated heterocycles. The number of nitrogens with two attached hydrogens (primary N) is 1. The van der Waals surface area contributed by atoms with E-state index in [0.717, 1.165) is 6.07 Å². The Morgan fingerprint density at radius 1 is 1.23 bits per heavy atom. The van der Waals surface area contributed by atoms with Gasteiger partial charge in [-0.05, 0) is 30.7 Å². The Hall–Kier alpha value is -3.23. The van der Waals surface area contributed by atoms with Gasteiger partial charge in [-0.15, -0.1) is 0 Å². The van der Waals surface area contributed by atoms with E-state index in [1.165, 1.54) is 18.2 Å². The summed E-state index contributed by atoms with van der Waals surface area (Å²) in [5.41, 5.74) is 4.74. The standard InChI is InChI=1S/C17H14F3N3O3/c1-9-6-7-12(25-9)14-13(15(21)26-23-14)16(24)22-8-10-4-2-3-5-11(10)17(18,19)20/h2-7H,8,21H2,1H3,(H,22,24). The average Bonchev–Trinajstić information content (AvgIpc) is 3.17. The zero-order valence-electron chi connectivity index (χ0n) is 13.6. The fourth-order valence-corrected chi connectivity index (χ4v) is 2.47. The van der Waals surface area contributed by atoms with Crippen LogP contribution in [0.1, 0.15) is 27.2 Å². The first-order valence-corrected chi connectivity index (χ1v) is 7.52.